The molecule has 1 saturated heterocycles. The number of rotatable bonds is 11. The minimum absolute atomic E-state index is 0.0253. The van der Waals surface area contributed by atoms with Gasteiger partial charge in [0.05, 0.1) is 11.5 Å². The maximum absolute atomic E-state index is 12.8. The molecule has 2 heterocycles. The lowest BCUT2D eigenvalue weighted by molar-refractivity contribution is -0.221. The first kappa shape index (κ1) is 43.6. The Kier molecular flexibility index (Phi) is 11.2. The number of amides is 1. The predicted molar refractivity (Wildman–Crippen MR) is 236 cm³/mol. The van der Waals surface area contributed by atoms with Gasteiger partial charge in [0.25, 0.3) is 0 Å². The normalized spacial score (nSPS) is 40.7. The maximum atomic E-state index is 12.8. The minimum atomic E-state index is -2.88. The van der Waals surface area contributed by atoms with Crippen molar-refractivity contribution in [2.45, 2.75) is 124 Å². The van der Waals surface area contributed by atoms with E-state index >= 15 is 0 Å². The highest BCUT2D eigenvalue weighted by atomic mass is 32.2. The van der Waals surface area contributed by atoms with Crippen LogP contribution in [0.15, 0.2) is 53.8 Å². The van der Waals surface area contributed by atoms with Crippen LogP contribution in [0.3, 0.4) is 0 Å². The van der Waals surface area contributed by atoms with Gasteiger partial charge in [-0.1, -0.05) is 58.9 Å². The number of sulfone groups is 1. The fourth-order valence-electron chi connectivity index (χ4n) is 15.4. The summed E-state index contributed by atoms with van der Waals surface area (Å²) in [5.74, 6) is 2.23. The molecule has 6 aliphatic carbocycles. The van der Waals surface area contributed by atoms with E-state index in [4.69, 9.17) is 10.5 Å². The molecule has 10 nitrogen and oxygen atoms in total. The Morgan fingerprint density at radius 2 is 1.72 bits per heavy atom. The molecule has 0 bridgehead atoms. The average molecular weight is 845 g/mol. The average Bonchev–Trinajstić information content (AvgIpc) is 3.58. The van der Waals surface area contributed by atoms with Crippen LogP contribution < -0.4 is 15.8 Å². The van der Waals surface area contributed by atoms with E-state index in [9.17, 15) is 23.1 Å². The molecule has 11 heteroatoms. The number of carboxylic acids is 1. The molecular formula is C49H72N4O6S. The molecule has 0 spiro atoms. The summed E-state index contributed by atoms with van der Waals surface area (Å²) in [5, 5.41) is 14.7. The van der Waals surface area contributed by atoms with Crippen molar-refractivity contribution in [1.29, 1.82) is 0 Å². The highest BCUT2D eigenvalue weighted by molar-refractivity contribution is 7.91. The van der Waals surface area contributed by atoms with E-state index in [0.717, 1.165) is 19.5 Å². The molecule has 0 radical (unpaired) electrons. The lowest BCUT2D eigenvalue weighted by atomic mass is 9.33. The molecule has 3 unspecified atom stereocenters. The summed E-state index contributed by atoms with van der Waals surface area (Å²) in [6.45, 7) is 22.9. The monoisotopic (exact) mass is 845 g/mol. The van der Waals surface area contributed by atoms with Crippen LogP contribution in [-0.4, -0.2) is 85.1 Å². The molecule has 330 valence electrons. The molecule has 8 rings (SSSR count). The van der Waals surface area contributed by atoms with Gasteiger partial charge in [-0.15, -0.1) is 0 Å². The summed E-state index contributed by atoms with van der Waals surface area (Å²) >= 11 is 0. The van der Waals surface area contributed by atoms with Gasteiger partial charge in [0, 0.05) is 49.5 Å². The molecule has 60 heavy (non-hydrogen) atoms. The van der Waals surface area contributed by atoms with Gasteiger partial charge in [0.15, 0.2) is 9.84 Å². The second kappa shape index (κ2) is 15.4. The van der Waals surface area contributed by atoms with Crippen LogP contribution in [0.4, 0.5) is 0 Å². The van der Waals surface area contributed by atoms with E-state index in [1.54, 1.807) is 0 Å². The van der Waals surface area contributed by atoms with Crippen molar-refractivity contribution >= 4 is 21.7 Å². The van der Waals surface area contributed by atoms with Gasteiger partial charge in [-0.05, 0) is 152 Å². The number of hydrogen-bond donors (Lipinski definition) is 3. The number of carbonyl (C=O) groups excluding carboxylic acids is 1. The van der Waals surface area contributed by atoms with Crippen LogP contribution in [0, 0.1) is 56.7 Å². The number of fused-ring (bicyclic) bond motifs is 7. The Morgan fingerprint density at radius 3 is 2.38 bits per heavy atom. The highest BCUT2D eigenvalue weighted by Crippen LogP contribution is 2.76. The van der Waals surface area contributed by atoms with Crippen molar-refractivity contribution in [2.75, 3.05) is 44.3 Å². The number of ether oxygens (including phenoxy) is 1. The molecule has 1 amide bonds. The summed E-state index contributed by atoms with van der Waals surface area (Å²) in [7, 11) is -2.88. The van der Waals surface area contributed by atoms with E-state index in [1.165, 1.54) is 86.4 Å². The highest BCUT2D eigenvalue weighted by Gasteiger charge is 2.70. The third-order valence-electron chi connectivity index (χ3n) is 18.9. The Labute approximate surface area is 359 Å². The van der Waals surface area contributed by atoms with Crippen molar-refractivity contribution in [1.82, 2.24) is 15.2 Å². The molecule has 5 fully saturated rings. The number of pyridine rings is 1. The van der Waals surface area contributed by atoms with Crippen LogP contribution in [0.5, 0.6) is 5.88 Å². The molecule has 4 N–H and O–H groups in total. The minimum Gasteiger partial charge on any atom is -0.481 e. The first-order valence-electron chi connectivity index (χ1n) is 23.1. The number of nitrogens with one attached hydrogen (secondary N) is 1. The first-order valence-corrected chi connectivity index (χ1v) is 24.9. The van der Waals surface area contributed by atoms with Crippen LogP contribution in [0.2, 0.25) is 0 Å². The molecule has 1 aromatic heterocycles. The molecular weight excluding hydrogens is 773 g/mol. The smallest absolute Gasteiger partial charge is 0.313 e. The van der Waals surface area contributed by atoms with Gasteiger partial charge in [0.1, 0.15) is 12.0 Å². The number of carboxylic acid groups (broad SMARTS) is 1. The Hall–Kier alpha value is -3.02. The zero-order chi connectivity index (χ0) is 43.1. The summed E-state index contributed by atoms with van der Waals surface area (Å²) in [6, 6.07) is 2.99. The van der Waals surface area contributed by atoms with Crippen molar-refractivity contribution < 1.29 is 27.9 Å². The molecule has 10 atom stereocenters. The molecule has 1 aliphatic heterocycles. The molecule has 4 saturated carbocycles. The number of allylic oxidation sites excluding steroid dienone is 5. The Morgan fingerprint density at radius 1 is 0.967 bits per heavy atom. The summed E-state index contributed by atoms with van der Waals surface area (Å²) in [4.78, 5) is 31.1. The van der Waals surface area contributed by atoms with Crippen LogP contribution in [-0.2, 0) is 14.6 Å². The topological polar surface area (TPSA) is 152 Å². The zero-order valence-corrected chi connectivity index (χ0v) is 38.1. The Bertz CT molecular complexity index is 2070. The third-order valence-corrected chi connectivity index (χ3v) is 20.5. The van der Waals surface area contributed by atoms with Crippen LogP contribution in [0.25, 0.3) is 0 Å². The van der Waals surface area contributed by atoms with Crippen LogP contribution in [0.1, 0.15) is 129 Å². The second-order valence-corrected chi connectivity index (χ2v) is 24.2. The second-order valence-electron chi connectivity index (χ2n) is 21.9. The largest absolute Gasteiger partial charge is 0.481 e. The van der Waals surface area contributed by atoms with E-state index in [0.29, 0.717) is 61.9 Å². The third kappa shape index (κ3) is 7.03. The lowest BCUT2D eigenvalue weighted by Crippen LogP contribution is -2.68. The van der Waals surface area contributed by atoms with Crippen LogP contribution >= 0.6 is 0 Å². The molecule has 0 aromatic carbocycles. The standard InChI is InChI=1S/C49H72N4O6S/c1-32(2)35-12-20-49(52-24-25-53-26-28-60(57,58)29-27-53)22-21-46(6)37(41(35)49)8-9-39-45(5)16-13-36(44(3,4)38(45)14-17-47(39,46)7)33-10-18-48(19-11-33,43(55)56)31-59-40-30-34(42(50)54)15-23-51-40/h10,13,15,23,30,35,37-39,41,52H,1,8-9,11-12,14,16-22,24-29,31H2,2-7H3,(H2,50,54)(H,55,56)/t35-,37+,38?,39?,41?,45-,46+,47+,48+,49-/m0/s1. The summed E-state index contributed by atoms with van der Waals surface area (Å²) in [5.41, 5.74) is 9.43. The summed E-state index contributed by atoms with van der Waals surface area (Å²) < 4.78 is 30.1. The molecule has 7 aliphatic rings. The Balaban J connectivity index is 1.000. The number of aliphatic carboxylic acids is 1. The van der Waals surface area contributed by atoms with Crippen molar-refractivity contribution in [3.63, 3.8) is 0 Å². The SMILES string of the molecule is C=C(C)[C@@H]1CC[C@]2(NCCN3CCS(=O)(=O)CC3)CC[C@]3(C)[C@H](CCC4[C@@]5(C)CC=C(C6=CC[C@@](COc7cc(C(N)=O)ccn7)(C(=O)O)CC6)C(C)(C)C5CC[C@]43C)C12. The maximum Gasteiger partial charge on any atom is 0.313 e. The van der Waals surface area contributed by atoms with Crippen molar-refractivity contribution in [2.24, 2.45) is 62.4 Å². The number of hydrogen-bond acceptors (Lipinski definition) is 8. The fourth-order valence-corrected chi connectivity index (χ4v) is 16.7. The van der Waals surface area contributed by atoms with E-state index in [1.807, 2.05) is 0 Å². The number of carbonyl (C=O) groups is 2. The van der Waals surface area contributed by atoms with Gasteiger partial charge in [0.2, 0.25) is 11.8 Å². The van der Waals surface area contributed by atoms with Gasteiger partial charge in [-0.25, -0.2) is 13.4 Å². The quantitative estimate of drug-likeness (QED) is 0.188. The zero-order valence-electron chi connectivity index (χ0n) is 37.3. The predicted octanol–water partition coefficient (Wildman–Crippen LogP) is 8.01. The van der Waals surface area contributed by atoms with E-state index in [2.05, 4.69) is 75.5 Å². The number of primary amides is 1. The number of aromatic nitrogens is 1. The van der Waals surface area contributed by atoms with Crippen molar-refractivity contribution in [3.8, 4) is 5.88 Å². The van der Waals surface area contributed by atoms with Gasteiger partial charge < -0.3 is 25.8 Å². The van der Waals surface area contributed by atoms with E-state index < -0.39 is 27.1 Å². The van der Waals surface area contributed by atoms with Gasteiger partial charge >= 0.3 is 5.97 Å². The number of nitrogens with two attached hydrogens (primary N) is 1. The molecule has 1 aromatic rings. The van der Waals surface area contributed by atoms with E-state index in [-0.39, 0.29) is 56.8 Å². The van der Waals surface area contributed by atoms with Gasteiger partial charge in [-0.3, -0.25) is 9.59 Å². The fraction of sp³-hybridized carbons (Fsp3) is 0.735. The lowest BCUT2D eigenvalue weighted by Gasteiger charge is -2.72. The summed E-state index contributed by atoms with van der Waals surface area (Å²) in [6.07, 6.45) is 18.7. The first-order chi connectivity index (χ1) is 28.2. The van der Waals surface area contributed by atoms with Crippen molar-refractivity contribution in [3.05, 3.63) is 59.3 Å². The van der Waals surface area contributed by atoms with Gasteiger partial charge in [-0.2, -0.15) is 0 Å². The number of nitrogens with zero attached hydrogens (tertiary/aromatic N) is 2.